The summed E-state index contributed by atoms with van der Waals surface area (Å²) in [5.41, 5.74) is 1.18. The molecule has 4 rings (SSSR count). The second-order valence-corrected chi connectivity index (χ2v) is 6.68. The van der Waals surface area contributed by atoms with E-state index >= 15 is 0 Å². The van der Waals surface area contributed by atoms with Gasteiger partial charge in [0.2, 0.25) is 5.91 Å². The van der Waals surface area contributed by atoms with Crippen molar-refractivity contribution in [1.29, 1.82) is 0 Å². The zero-order valence-electron chi connectivity index (χ0n) is 14.3. The molecule has 4 atom stereocenters. The third-order valence-corrected chi connectivity index (χ3v) is 5.02. The molecule has 2 N–H and O–H groups in total. The standard InChI is InChI=1S/C20H20N2O4/c1-12(23)22-15-9-5-6-10-16(15)26-17-11-14(19(24)18(17)22)21-20(25)13-7-3-2-4-8-13/h2-10,14,17-19,24H,11H2,1H3,(H,21,25)/t14-,17-,18-,19-/m1/s1. The number of ether oxygens (including phenoxy) is 1. The Morgan fingerprint density at radius 1 is 1.12 bits per heavy atom. The number of nitrogens with zero attached hydrogens (tertiary/aromatic N) is 1. The molecule has 0 saturated heterocycles. The average molecular weight is 352 g/mol. The molecule has 1 aliphatic carbocycles. The highest BCUT2D eigenvalue weighted by Gasteiger charge is 2.51. The van der Waals surface area contributed by atoms with Crippen molar-refractivity contribution in [1.82, 2.24) is 5.32 Å². The maximum absolute atomic E-state index is 12.4. The number of carbonyl (C=O) groups excluding carboxylic acids is 2. The molecule has 2 amide bonds. The summed E-state index contributed by atoms with van der Waals surface area (Å²) in [6.07, 6.45) is -0.850. The van der Waals surface area contributed by atoms with Gasteiger partial charge in [0.15, 0.2) is 0 Å². The van der Waals surface area contributed by atoms with Crippen LogP contribution in [-0.4, -0.2) is 41.2 Å². The third kappa shape index (κ3) is 2.72. The third-order valence-electron chi connectivity index (χ3n) is 5.02. The molecule has 1 saturated carbocycles. The van der Waals surface area contributed by atoms with Crippen molar-refractivity contribution in [2.45, 2.75) is 37.6 Å². The summed E-state index contributed by atoms with van der Waals surface area (Å²) < 4.78 is 6.02. The van der Waals surface area contributed by atoms with Crippen LogP contribution in [-0.2, 0) is 4.79 Å². The van der Waals surface area contributed by atoms with E-state index in [1.807, 2.05) is 24.3 Å². The first-order chi connectivity index (χ1) is 12.6. The maximum Gasteiger partial charge on any atom is 0.251 e. The zero-order valence-corrected chi connectivity index (χ0v) is 14.3. The number of carbonyl (C=O) groups is 2. The van der Waals surface area contributed by atoms with Crippen LogP contribution in [0.3, 0.4) is 0 Å². The molecule has 2 aromatic rings. The van der Waals surface area contributed by atoms with Crippen LogP contribution in [0.4, 0.5) is 5.69 Å². The van der Waals surface area contributed by atoms with Gasteiger partial charge in [-0.2, -0.15) is 0 Å². The van der Waals surface area contributed by atoms with Gasteiger partial charge in [-0.1, -0.05) is 30.3 Å². The molecule has 2 aromatic carbocycles. The van der Waals surface area contributed by atoms with Crippen LogP contribution < -0.4 is 15.0 Å². The lowest BCUT2D eigenvalue weighted by molar-refractivity contribution is -0.118. The molecule has 6 heteroatoms. The Hall–Kier alpha value is -2.86. The molecule has 26 heavy (non-hydrogen) atoms. The largest absolute Gasteiger partial charge is 0.486 e. The Morgan fingerprint density at radius 3 is 2.54 bits per heavy atom. The molecule has 2 aliphatic rings. The number of nitrogens with one attached hydrogen (secondary N) is 1. The summed E-state index contributed by atoms with van der Waals surface area (Å²) in [6.45, 7) is 1.47. The van der Waals surface area contributed by atoms with Gasteiger partial charge in [0.25, 0.3) is 5.91 Å². The van der Waals surface area contributed by atoms with E-state index in [2.05, 4.69) is 5.32 Å². The van der Waals surface area contributed by atoms with E-state index in [0.717, 1.165) is 0 Å². The van der Waals surface area contributed by atoms with Gasteiger partial charge in [-0.15, -0.1) is 0 Å². The van der Waals surface area contributed by atoms with Crippen LogP contribution in [0.25, 0.3) is 0 Å². The van der Waals surface area contributed by atoms with Gasteiger partial charge in [-0.25, -0.2) is 0 Å². The van der Waals surface area contributed by atoms with E-state index in [9.17, 15) is 14.7 Å². The first kappa shape index (κ1) is 16.6. The predicted octanol–water partition coefficient (Wildman–Crippen LogP) is 1.73. The molecule has 1 fully saturated rings. The van der Waals surface area contributed by atoms with Crippen molar-refractivity contribution in [2.75, 3.05) is 4.90 Å². The second kappa shape index (κ2) is 6.46. The summed E-state index contributed by atoms with van der Waals surface area (Å²) >= 11 is 0. The lowest BCUT2D eigenvalue weighted by Gasteiger charge is -2.39. The number of hydrogen-bond acceptors (Lipinski definition) is 4. The number of aliphatic hydroxyl groups excluding tert-OH is 1. The minimum Gasteiger partial charge on any atom is -0.486 e. The van der Waals surface area contributed by atoms with Crippen molar-refractivity contribution in [3.05, 3.63) is 60.2 Å². The van der Waals surface area contributed by atoms with Gasteiger partial charge in [-0.05, 0) is 24.3 Å². The molecular formula is C20H20N2O4. The van der Waals surface area contributed by atoms with Crippen molar-refractivity contribution >= 4 is 17.5 Å². The molecule has 1 aliphatic heterocycles. The number of hydrogen-bond donors (Lipinski definition) is 2. The summed E-state index contributed by atoms with van der Waals surface area (Å²) in [4.78, 5) is 26.3. The number of rotatable bonds is 2. The van der Waals surface area contributed by atoms with E-state index < -0.39 is 18.2 Å². The number of anilines is 1. The van der Waals surface area contributed by atoms with Crippen LogP contribution in [0.2, 0.25) is 0 Å². The van der Waals surface area contributed by atoms with Crippen molar-refractivity contribution in [2.24, 2.45) is 0 Å². The summed E-state index contributed by atoms with van der Waals surface area (Å²) in [5.74, 6) is 0.205. The first-order valence-electron chi connectivity index (χ1n) is 8.65. The van der Waals surface area contributed by atoms with Gasteiger partial charge in [0, 0.05) is 18.9 Å². The zero-order chi connectivity index (χ0) is 18.3. The lowest BCUT2D eigenvalue weighted by atomic mass is 10.1. The number of benzene rings is 2. The molecular weight excluding hydrogens is 332 g/mol. The number of fused-ring (bicyclic) bond motifs is 2. The van der Waals surface area contributed by atoms with Gasteiger partial charge in [0.05, 0.1) is 17.8 Å². The van der Waals surface area contributed by atoms with Crippen LogP contribution in [0.5, 0.6) is 5.75 Å². The van der Waals surface area contributed by atoms with Gasteiger partial charge in [-0.3, -0.25) is 14.5 Å². The number of amides is 2. The monoisotopic (exact) mass is 352 g/mol. The summed E-state index contributed by atoms with van der Waals surface area (Å²) in [7, 11) is 0. The molecule has 0 radical (unpaired) electrons. The van der Waals surface area contributed by atoms with Gasteiger partial charge >= 0.3 is 0 Å². The van der Waals surface area contributed by atoms with Crippen LogP contribution in [0.15, 0.2) is 54.6 Å². The number of aliphatic hydroxyl groups is 1. The van der Waals surface area contributed by atoms with Crippen LogP contribution in [0.1, 0.15) is 23.7 Å². The maximum atomic E-state index is 12.4. The Labute approximate surface area is 151 Å². The van der Waals surface area contributed by atoms with E-state index in [-0.39, 0.29) is 17.9 Å². The van der Waals surface area contributed by atoms with E-state index in [4.69, 9.17) is 4.74 Å². The summed E-state index contributed by atoms with van der Waals surface area (Å²) in [6, 6.07) is 15.1. The van der Waals surface area contributed by atoms with Gasteiger partial charge in [0.1, 0.15) is 17.9 Å². The Bertz CT molecular complexity index is 839. The minimum absolute atomic E-state index is 0.162. The fourth-order valence-corrected chi connectivity index (χ4v) is 3.87. The SMILES string of the molecule is CC(=O)N1c2ccccc2O[C@@H]2C[C@@H](NC(=O)c3ccccc3)[C@@H](O)[C@@H]21. The van der Waals surface area contributed by atoms with Gasteiger partial charge < -0.3 is 15.2 Å². The van der Waals surface area contributed by atoms with E-state index in [0.29, 0.717) is 23.4 Å². The molecule has 134 valence electrons. The topological polar surface area (TPSA) is 78.9 Å². The fraction of sp³-hybridized carbons (Fsp3) is 0.300. The highest BCUT2D eigenvalue weighted by molar-refractivity contribution is 5.96. The van der Waals surface area contributed by atoms with Crippen molar-refractivity contribution < 1.29 is 19.4 Å². The fourth-order valence-electron chi connectivity index (χ4n) is 3.87. The Morgan fingerprint density at radius 2 is 1.81 bits per heavy atom. The Kier molecular flexibility index (Phi) is 4.12. The Balaban J connectivity index is 1.59. The van der Waals surface area contributed by atoms with Crippen molar-refractivity contribution in [3.63, 3.8) is 0 Å². The van der Waals surface area contributed by atoms with Crippen molar-refractivity contribution in [3.8, 4) is 5.75 Å². The van der Waals surface area contributed by atoms with E-state index in [1.54, 1.807) is 35.2 Å². The smallest absolute Gasteiger partial charge is 0.251 e. The normalized spacial score (nSPS) is 26.5. The predicted molar refractivity (Wildman–Crippen MR) is 96.1 cm³/mol. The lowest BCUT2D eigenvalue weighted by Crippen LogP contribution is -2.55. The molecule has 1 heterocycles. The molecule has 0 aromatic heterocycles. The highest BCUT2D eigenvalue weighted by atomic mass is 16.5. The highest BCUT2D eigenvalue weighted by Crippen LogP contribution is 2.41. The average Bonchev–Trinajstić information content (AvgIpc) is 2.95. The van der Waals surface area contributed by atoms with Crippen LogP contribution >= 0.6 is 0 Å². The minimum atomic E-state index is -0.912. The molecule has 6 nitrogen and oxygen atoms in total. The molecule has 0 unspecified atom stereocenters. The first-order valence-corrected chi connectivity index (χ1v) is 8.65. The molecule has 0 bridgehead atoms. The quantitative estimate of drug-likeness (QED) is 0.863. The van der Waals surface area contributed by atoms with Crippen LogP contribution in [0, 0.1) is 0 Å². The van der Waals surface area contributed by atoms with E-state index in [1.165, 1.54) is 6.92 Å². The second-order valence-electron chi connectivity index (χ2n) is 6.68. The number of para-hydroxylation sites is 2. The molecule has 0 spiro atoms. The summed E-state index contributed by atoms with van der Waals surface area (Å²) in [5, 5.41) is 13.7.